The number of nitrogens with one attached hydrogen (secondary N) is 1. The molecule has 29 heavy (non-hydrogen) atoms. The Hall–Kier alpha value is -2.60. The first-order valence-corrected chi connectivity index (χ1v) is 10.7. The molecule has 1 aromatic rings. The van der Waals surface area contributed by atoms with Crippen molar-refractivity contribution in [1.29, 1.82) is 0 Å². The van der Waals surface area contributed by atoms with Crippen LogP contribution in [0, 0.1) is 5.92 Å². The number of anilines is 1. The van der Waals surface area contributed by atoms with E-state index in [1.54, 1.807) is 0 Å². The summed E-state index contributed by atoms with van der Waals surface area (Å²) in [5, 5.41) is 3.45. The van der Waals surface area contributed by atoms with Crippen LogP contribution in [0.1, 0.15) is 38.2 Å². The molecule has 6 nitrogen and oxygen atoms in total. The molecule has 1 saturated heterocycles. The molecule has 0 saturated carbocycles. The van der Waals surface area contributed by atoms with Crippen LogP contribution in [0.15, 0.2) is 57.7 Å². The Balaban J connectivity index is 1.23. The summed E-state index contributed by atoms with van der Waals surface area (Å²) in [5.41, 5.74) is 2.45. The van der Waals surface area contributed by atoms with Crippen LogP contribution >= 0.6 is 0 Å². The number of amidine groups is 1. The van der Waals surface area contributed by atoms with E-state index in [0.717, 1.165) is 36.8 Å². The lowest BCUT2D eigenvalue weighted by molar-refractivity contribution is 0.260. The molecule has 4 atom stereocenters. The van der Waals surface area contributed by atoms with Crippen molar-refractivity contribution in [2.24, 2.45) is 20.9 Å². The molecule has 0 spiro atoms. The van der Waals surface area contributed by atoms with Crippen LogP contribution in [-0.2, 0) is 6.54 Å². The average molecular weight is 389 g/mol. The van der Waals surface area contributed by atoms with Gasteiger partial charge in [-0.15, -0.1) is 0 Å². The van der Waals surface area contributed by atoms with Crippen LogP contribution in [0.5, 0.6) is 0 Å². The zero-order valence-corrected chi connectivity index (χ0v) is 16.9. The molecule has 1 fully saturated rings. The number of aromatic nitrogens is 1. The molecule has 4 unspecified atom stereocenters. The predicted molar refractivity (Wildman–Crippen MR) is 119 cm³/mol. The first-order valence-electron chi connectivity index (χ1n) is 10.7. The normalized spacial score (nSPS) is 30.9. The third-order valence-electron chi connectivity index (χ3n) is 6.30. The first kappa shape index (κ1) is 18.4. The number of likely N-dealkylation sites (tertiary alicyclic amines) is 1. The van der Waals surface area contributed by atoms with Crippen molar-refractivity contribution >= 4 is 23.6 Å². The second kappa shape index (κ2) is 8.03. The summed E-state index contributed by atoms with van der Waals surface area (Å²) in [6.07, 6.45) is 16.6. The third kappa shape index (κ3) is 4.08. The molecule has 0 aromatic carbocycles. The third-order valence-corrected chi connectivity index (χ3v) is 6.30. The van der Waals surface area contributed by atoms with Gasteiger partial charge in [-0.25, -0.2) is 4.98 Å². The van der Waals surface area contributed by atoms with E-state index in [9.17, 15) is 0 Å². The SMILES string of the molecule is CC1CCCN1Cc1ccnc(NC2=NC3C=CC(C4C=CN=CC4)=NC3C2)c1. The molecular weight excluding hydrogens is 360 g/mol. The standard InChI is InChI=1S/C23H28N6/c1-16-3-2-12-29(16)15-17-6-11-25-22(13-17)28-23-14-21-20(27-23)5-4-19(26-21)18-7-9-24-10-8-18/h4-7,9-11,13,16,18,20-21H,2-3,8,12,14-15H2,1H3,(H,25,27,28). The topological polar surface area (TPSA) is 65.2 Å². The summed E-state index contributed by atoms with van der Waals surface area (Å²) in [4.78, 5) is 21.1. The van der Waals surface area contributed by atoms with Crippen molar-refractivity contribution in [3.05, 3.63) is 48.3 Å². The zero-order chi connectivity index (χ0) is 19.6. The number of dihydropyridines is 1. The van der Waals surface area contributed by atoms with Crippen molar-refractivity contribution in [1.82, 2.24) is 9.88 Å². The van der Waals surface area contributed by atoms with E-state index in [4.69, 9.17) is 9.98 Å². The molecule has 5 rings (SSSR count). The van der Waals surface area contributed by atoms with E-state index in [1.807, 2.05) is 18.6 Å². The lowest BCUT2D eigenvalue weighted by atomic mass is 9.94. The monoisotopic (exact) mass is 388 g/mol. The molecule has 1 N–H and O–H groups in total. The molecule has 150 valence electrons. The molecule has 0 bridgehead atoms. The van der Waals surface area contributed by atoms with E-state index in [0.29, 0.717) is 12.0 Å². The molecule has 0 radical (unpaired) electrons. The minimum absolute atomic E-state index is 0.135. The number of hydrogen-bond acceptors (Lipinski definition) is 6. The van der Waals surface area contributed by atoms with E-state index < -0.39 is 0 Å². The fourth-order valence-corrected chi connectivity index (χ4v) is 4.60. The van der Waals surface area contributed by atoms with Gasteiger partial charge in [-0.1, -0.05) is 12.2 Å². The number of hydrogen-bond donors (Lipinski definition) is 1. The van der Waals surface area contributed by atoms with Gasteiger partial charge in [0.2, 0.25) is 0 Å². The summed E-state index contributed by atoms with van der Waals surface area (Å²) in [6.45, 7) is 4.50. The van der Waals surface area contributed by atoms with Crippen LogP contribution in [0.25, 0.3) is 0 Å². The van der Waals surface area contributed by atoms with Crippen LogP contribution in [0.4, 0.5) is 5.82 Å². The first-order chi connectivity index (χ1) is 14.2. The zero-order valence-electron chi connectivity index (χ0n) is 16.9. The Morgan fingerprint density at radius 2 is 2.21 bits per heavy atom. The minimum atomic E-state index is 0.135. The van der Waals surface area contributed by atoms with Gasteiger partial charge < -0.3 is 5.32 Å². The van der Waals surface area contributed by atoms with Gasteiger partial charge in [0.25, 0.3) is 0 Å². The van der Waals surface area contributed by atoms with Crippen molar-refractivity contribution in [3.8, 4) is 0 Å². The fourth-order valence-electron chi connectivity index (χ4n) is 4.60. The summed E-state index contributed by atoms with van der Waals surface area (Å²) < 4.78 is 0. The van der Waals surface area contributed by atoms with Crippen LogP contribution in [0.2, 0.25) is 0 Å². The minimum Gasteiger partial charge on any atom is -0.329 e. The lowest BCUT2D eigenvalue weighted by Gasteiger charge is -2.21. The number of aliphatic imine (C=N–C) groups is 3. The number of allylic oxidation sites excluding steroid dienone is 2. The van der Waals surface area contributed by atoms with Gasteiger partial charge in [0, 0.05) is 49.2 Å². The predicted octanol–water partition coefficient (Wildman–Crippen LogP) is 3.63. The second-order valence-corrected chi connectivity index (χ2v) is 8.40. The van der Waals surface area contributed by atoms with Gasteiger partial charge in [-0.05, 0) is 56.5 Å². The number of nitrogens with zero attached hydrogens (tertiary/aromatic N) is 5. The Labute approximate surface area is 172 Å². The largest absolute Gasteiger partial charge is 0.329 e. The van der Waals surface area contributed by atoms with E-state index >= 15 is 0 Å². The molecule has 0 aliphatic carbocycles. The highest BCUT2D eigenvalue weighted by atomic mass is 15.2. The molecule has 4 aliphatic heterocycles. The smallest absolute Gasteiger partial charge is 0.131 e. The van der Waals surface area contributed by atoms with Crippen LogP contribution < -0.4 is 5.32 Å². The molecule has 5 heterocycles. The molecule has 0 amide bonds. The highest BCUT2D eigenvalue weighted by molar-refractivity contribution is 6.02. The summed E-state index contributed by atoms with van der Waals surface area (Å²) in [5.74, 6) is 2.20. The Morgan fingerprint density at radius 1 is 1.24 bits per heavy atom. The summed E-state index contributed by atoms with van der Waals surface area (Å²) in [7, 11) is 0. The van der Waals surface area contributed by atoms with Gasteiger partial charge in [-0.2, -0.15) is 0 Å². The molecule has 4 aliphatic rings. The van der Waals surface area contributed by atoms with Crippen molar-refractivity contribution in [2.45, 2.75) is 57.3 Å². The summed E-state index contributed by atoms with van der Waals surface area (Å²) in [6, 6.07) is 5.28. The van der Waals surface area contributed by atoms with Crippen molar-refractivity contribution in [2.75, 3.05) is 11.9 Å². The maximum atomic E-state index is 4.99. The van der Waals surface area contributed by atoms with Gasteiger partial charge in [0.15, 0.2) is 0 Å². The summed E-state index contributed by atoms with van der Waals surface area (Å²) >= 11 is 0. The van der Waals surface area contributed by atoms with E-state index in [2.05, 4.69) is 57.5 Å². The quantitative estimate of drug-likeness (QED) is 0.857. The Kier molecular flexibility index (Phi) is 5.10. The Bertz CT molecular complexity index is 912. The van der Waals surface area contributed by atoms with Crippen LogP contribution in [-0.4, -0.2) is 52.3 Å². The second-order valence-electron chi connectivity index (χ2n) is 8.40. The van der Waals surface area contributed by atoms with Crippen molar-refractivity contribution in [3.63, 3.8) is 0 Å². The Morgan fingerprint density at radius 3 is 3.03 bits per heavy atom. The lowest BCUT2D eigenvalue weighted by Crippen LogP contribution is -2.26. The molecule has 6 heteroatoms. The van der Waals surface area contributed by atoms with Crippen LogP contribution in [0.3, 0.4) is 0 Å². The highest BCUT2D eigenvalue weighted by Crippen LogP contribution is 2.26. The highest BCUT2D eigenvalue weighted by Gasteiger charge is 2.31. The number of fused-ring (bicyclic) bond motifs is 1. The molecule has 1 aromatic heterocycles. The van der Waals surface area contributed by atoms with E-state index in [-0.39, 0.29) is 12.1 Å². The average Bonchev–Trinajstić information content (AvgIpc) is 3.33. The number of rotatable bonds is 4. The maximum absolute atomic E-state index is 4.99. The van der Waals surface area contributed by atoms with Gasteiger partial charge >= 0.3 is 0 Å². The fraction of sp³-hybridized carbons (Fsp3) is 0.478. The molecular formula is C23H28N6. The maximum Gasteiger partial charge on any atom is 0.131 e. The van der Waals surface area contributed by atoms with Gasteiger partial charge in [0.1, 0.15) is 11.7 Å². The van der Waals surface area contributed by atoms with E-state index in [1.165, 1.54) is 24.9 Å². The van der Waals surface area contributed by atoms with Crippen molar-refractivity contribution < 1.29 is 0 Å². The van der Waals surface area contributed by atoms with Gasteiger partial charge in [0.05, 0.1) is 12.1 Å². The van der Waals surface area contributed by atoms with Gasteiger partial charge in [-0.3, -0.25) is 19.9 Å². The number of pyridine rings is 1.